The molecule has 0 saturated heterocycles. The number of nitrogens with zero attached hydrogens (tertiary/aromatic N) is 1. The van der Waals surface area contributed by atoms with Crippen LogP contribution in [0.1, 0.15) is 34.8 Å². The molecule has 0 aliphatic heterocycles. The van der Waals surface area contributed by atoms with Crippen molar-refractivity contribution in [2.75, 3.05) is 20.6 Å². The second-order valence-electron chi connectivity index (χ2n) is 6.12. The van der Waals surface area contributed by atoms with Crippen LogP contribution in [0.4, 0.5) is 0 Å². The molecule has 0 spiro atoms. The minimum absolute atomic E-state index is 0.0564. The van der Waals surface area contributed by atoms with Gasteiger partial charge in [0.05, 0.1) is 6.04 Å². The molecule has 0 aliphatic carbocycles. The van der Waals surface area contributed by atoms with E-state index in [0.717, 1.165) is 5.56 Å². The topological polar surface area (TPSA) is 49.4 Å². The summed E-state index contributed by atoms with van der Waals surface area (Å²) in [5, 5.41) is 3.51. The van der Waals surface area contributed by atoms with E-state index < -0.39 is 0 Å². The Morgan fingerprint density at radius 3 is 2.24 bits per heavy atom. The molecule has 0 saturated carbocycles. The van der Waals surface area contributed by atoms with Crippen molar-refractivity contribution in [1.82, 2.24) is 10.2 Å². The van der Waals surface area contributed by atoms with Crippen molar-refractivity contribution in [3.05, 3.63) is 70.7 Å². The molecule has 1 amide bonds. The zero-order valence-electron chi connectivity index (χ0n) is 14.5. The van der Waals surface area contributed by atoms with Crippen LogP contribution < -0.4 is 5.32 Å². The number of benzene rings is 2. The van der Waals surface area contributed by atoms with Gasteiger partial charge in [-0.25, -0.2) is 0 Å². The van der Waals surface area contributed by atoms with Crippen molar-refractivity contribution in [2.45, 2.75) is 18.9 Å². The Morgan fingerprint density at radius 1 is 1.00 bits per heavy atom. The molecule has 0 aromatic heterocycles. The van der Waals surface area contributed by atoms with Crippen LogP contribution in [0.15, 0.2) is 54.6 Å². The van der Waals surface area contributed by atoms with Gasteiger partial charge < -0.3 is 10.2 Å². The lowest BCUT2D eigenvalue weighted by atomic mass is 10.1. The summed E-state index contributed by atoms with van der Waals surface area (Å²) in [6, 6.07) is 16.8. The number of carbonyl (C=O) groups is 2. The molecular weight excluding hydrogens is 336 g/mol. The molecule has 2 rings (SSSR count). The van der Waals surface area contributed by atoms with Gasteiger partial charge in [0, 0.05) is 30.0 Å². The average Bonchev–Trinajstić information content (AvgIpc) is 2.61. The maximum Gasteiger partial charge on any atom is 0.220 e. The van der Waals surface area contributed by atoms with Gasteiger partial charge in [-0.2, -0.15) is 0 Å². The zero-order valence-corrected chi connectivity index (χ0v) is 15.3. The lowest BCUT2D eigenvalue weighted by molar-refractivity contribution is -0.121. The number of amides is 1. The average molecular weight is 359 g/mol. The largest absolute Gasteiger partial charge is 0.354 e. The summed E-state index contributed by atoms with van der Waals surface area (Å²) < 4.78 is 0. The molecule has 0 heterocycles. The lowest BCUT2D eigenvalue weighted by Gasteiger charge is -2.25. The van der Waals surface area contributed by atoms with E-state index in [-0.39, 0.29) is 30.6 Å². The molecule has 0 radical (unpaired) electrons. The molecule has 1 unspecified atom stereocenters. The van der Waals surface area contributed by atoms with E-state index >= 15 is 0 Å². The van der Waals surface area contributed by atoms with Crippen molar-refractivity contribution in [3.63, 3.8) is 0 Å². The van der Waals surface area contributed by atoms with E-state index in [1.54, 1.807) is 24.3 Å². The normalized spacial score (nSPS) is 12.0. The summed E-state index contributed by atoms with van der Waals surface area (Å²) in [5.41, 5.74) is 1.72. The van der Waals surface area contributed by atoms with E-state index in [1.807, 2.05) is 44.4 Å². The van der Waals surface area contributed by atoms with Gasteiger partial charge in [-0.15, -0.1) is 0 Å². The Kier molecular flexibility index (Phi) is 7.16. The molecule has 1 atom stereocenters. The molecule has 2 aromatic carbocycles. The number of hydrogen-bond acceptors (Lipinski definition) is 3. The maximum absolute atomic E-state index is 12.1. The third-order valence-corrected chi connectivity index (χ3v) is 4.30. The van der Waals surface area contributed by atoms with E-state index in [9.17, 15) is 9.59 Å². The van der Waals surface area contributed by atoms with E-state index in [4.69, 9.17) is 11.6 Å². The third-order valence-electron chi connectivity index (χ3n) is 4.05. The van der Waals surface area contributed by atoms with Crippen molar-refractivity contribution in [3.8, 4) is 0 Å². The quantitative estimate of drug-likeness (QED) is 0.731. The second-order valence-corrected chi connectivity index (χ2v) is 6.56. The van der Waals surface area contributed by atoms with Crippen molar-refractivity contribution >= 4 is 23.3 Å². The van der Waals surface area contributed by atoms with E-state index in [2.05, 4.69) is 10.2 Å². The summed E-state index contributed by atoms with van der Waals surface area (Å²) in [6.07, 6.45) is 0.363. The van der Waals surface area contributed by atoms with Crippen LogP contribution >= 0.6 is 11.6 Å². The van der Waals surface area contributed by atoms with Crippen LogP contribution in [0, 0.1) is 0 Å². The minimum Gasteiger partial charge on any atom is -0.354 e. The zero-order chi connectivity index (χ0) is 18.2. The Labute approximate surface area is 153 Å². The summed E-state index contributed by atoms with van der Waals surface area (Å²) >= 11 is 5.81. The molecule has 4 nitrogen and oxygen atoms in total. The fraction of sp³-hybridized carbons (Fsp3) is 0.300. The van der Waals surface area contributed by atoms with Gasteiger partial charge in [-0.1, -0.05) is 41.9 Å². The van der Waals surface area contributed by atoms with Crippen molar-refractivity contribution < 1.29 is 9.59 Å². The first-order valence-electron chi connectivity index (χ1n) is 8.24. The molecule has 1 N–H and O–H groups in total. The minimum atomic E-state index is -0.120. The van der Waals surface area contributed by atoms with Crippen LogP contribution in [0.25, 0.3) is 0 Å². The monoisotopic (exact) mass is 358 g/mol. The van der Waals surface area contributed by atoms with Gasteiger partial charge in [0.1, 0.15) is 0 Å². The van der Waals surface area contributed by atoms with E-state index in [1.165, 1.54) is 0 Å². The predicted molar refractivity (Wildman–Crippen MR) is 101 cm³/mol. The van der Waals surface area contributed by atoms with Crippen LogP contribution in [-0.2, 0) is 4.79 Å². The highest BCUT2D eigenvalue weighted by Crippen LogP contribution is 2.17. The van der Waals surface area contributed by atoms with Crippen LogP contribution in [-0.4, -0.2) is 37.2 Å². The SMILES string of the molecule is CN(C)C(CNC(=O)CCC(=O)c1ccc(Cl)cc1)c1ccccc1. The third kappa shape index (κ3) is 6.00. The number of Topliss-reactive ketones (excluding diaryl/α,β-unsaturated/α-hetero) is 1. The summed E-state index contributed by atoms with van der Waals surface area (Å²) in [7, 11) is 3.96. The Hall–Kier alpha value is -2.17. The number of halogens is 1. The molecular formula is C20H23ClN2O2. The Bertz CT molecular complexity index is 699. The van der Waals surface area contributed by atoms with Crippen LogP contribution in [0.3, 0.4) is 0 Å². The molecule has 132 valence electrons. The molecule has 0 fully saturated rings. The van der Waals surface area contributed by atoms with Crippen molar-refractivity contribution in [1.29, 1.82) is 0 Å². The number of ketones is 1. The first kappa shape index (κ1) is 19.2. The fourth-order valence-corrected chi connectivity index (χ4v) is 2.71. The van der Waals surface area contributed by atoms with Gasteiger partial charge in [-0.05, 0) is 43.9 Å². The lowest BCUT2D eigenvalue weighted by Crippen LogP contribution is -2.34. The van der Waals surface area contributed by atoms with E-state index in [0.29, 0.717) is 17.1 Å². The Balaban J connectivity index is 1.83. The number of rotatable bonds is 8. The predicted octanol–water partition coefficient (Wildman–Crippen LogP) is 3.72. The summed E-state index contributed by atoms with van der Waals surface area (Å²) in [4.78, 5) is 26.2. The number of likely N-dealkylation sites (N-methyl/N-ethyl adjacent to an activating group) is 1. The van der Waals surface area contributed by atoms with Crippen LogP contribution in [0.5, 0.6) is 0 Å². The Morgan fingerprint density at radius 2 is 1.64 bits per heavy atom. The molecule has 2 aromatic rings. The highest BCUT2D eigenvalue weighted by molar-refractivity contribution is 6.30. The highest BCUT2D eigenvalue weighted by atomic mass is 35.5. The summed E-state index contributed by atoms with van der Waals surface area (Å²) in [6.45, 7) is 0.505. The smallest absolute Gasteiger partial charge is 0.220 e. The first-order valence-corrected chi connectivity index (χ1v) is 8.62. The number of nitrogens with one attached hydrogen (secondary N) is 1. The van der Waals surface area contributed by atoms with Gasteiger partial charge in [0.2, 0.25) is 5.91 Å². The van der Waals surface area contributed by atoms with Gasteiger partial charge in [0.25, 0.3) is 0 Å². The van der Waals surface area contributed by atoms with Crippen molar-refractivity contribution in [2.24, 2.45) is 0 Å². The highest BCUT2D eigenvalue weighted by Gasteiger charge is 2.15. The first-order chi connectivity index (χ1) is 12.0. The summed E-state index contributed by atoms with van der Waals surface area (Å²) in [5.74, 6) is -0.177. The number of carbonyl (C=O) groups excluding carboxylic acids is 2. The van der Waals surface area contributed by atoms with Gasteiger partial charge in [0.15, 0.2) is 5.78 Å². The maximum atomic E-state index is 12.1. The molecule has 25 heavy (non-hydrogen) atoms. The van der Waals surface area contributed by atoms with Crippen LogP contribution in [0.2, 0.25) is 5.02 Å². The molecule has 5 heteroatoms. The number of hydrogen-bond donors (Lipinski definition) is 1. The second kappa shape index (κ2) is 9.35. The molecule has 0 aliphatic rings. The standard InChI is InChI=1S/C20H23ClN2O2/c1-23(2)18(15-6-4-3-5-7-15)14-22-20(25)13-12-19(24)16-8-10-17(21)11-9-16/h3-11,18H,12-14H2,1-2H3,(H,22,25). The fourth-order valence-electron chi connectivity index (χ4n) is 2.58. The molecule has 0 bridgehead atoms. The van der Waals surface area contributed by atoms with Gasteiger partial charge in [-0.3, -0.25) is 9.59 Å². The van der Waals surface area contributed by atoms with Gasteiger partial charge >= 0.3 is 0 Å².